The fraction of sp³-hybridized carbons (Fsp3) is 0.474. The maximum Gasteiger partial charge on any atom is 0.244 e. The van der Waals surface area contributed by atoms with E-state index >= 15 is 0 Å². The molecule has 0 spiro atoms. The summed E-state index contributed by atoms with van der Waals surface area (Å²) in [4.78, 5) is 13.1. The fourth-order valence-corrected chi connectivity index (χ4v) is 5.99. The maximum atomic E-state index is 13.4. The molecule has 1 aliphatic heterocycles. The quantitative estimate of drug-likeness (QED) is 0.869. The highest BCUT2D eigenvalue weighted by molar-refractivity contribution is 7.89. The van der Waals surface area contributed by atoms with Crippen LogP contribution in [-0.2, 0) is 21.9 Å². The van der Waals surface area contributed by atoms with Crippen LogP contribution < -0.4 is 5.32 Å². The highest BCUT2D eigenvalue weighted by Crippen LogP contribution is 2.31. The monoisotopic (exact) mass is 390 g/mol. The number of nitrogens with one attached hydrogen (secondary N) is 1. The van der Waals surface area contributed by atoms with Crippen molar-refractivity contribution < 1.29 is 13.2 Å². The summed E-state index contributed by atoms with van der Waals surface area (Å²) < 4.78 is 29.6. The topological polar surface area (TPSA) is 84.3 Å². The van der Waals surface area contributed by atoms with Crippen molar-refractivity contribution in [1.29, 1.82) is 0 Å². The summed E-state index contributed by atoms with van der Waals surface area (Å²) in [5.41, 5.74) is 3.22. The molecule has 0 aliphatic carbocycles. The van der Waals surface area contributed by atoms with Crippen molar-refractivity contribution in [2.45, 2.75) is 51.5 Å². The lowest BCUT2D eigenvalue weighted by molar-refractivity contribution is -0.119. The number of rotatable bonds is 4. The van der Waals surface area contributed by atoms with Crippen molar-refractivity contribution >= 4 is 21.7 Å². The molecule has 3 rings (SSSR count). The molecule has 146 valence electrons. The first-order chi connectivity index (χ1) is 12.6. The molecular formula is C19H26N4O3S. The van der Waals surface area contributed by atoms with E-state index in [1.807, 2.05) is 26.0 Å². The van der Waals surface area contributed by atoms with Gasteiger partial charge in [-0.25, -0.2) is 8.42 Å². The van der Waals surface area contributed by atoms with Gasteiger partial charge in [-0.2, -0.15) is 9.40 Å². The average molecular weight is 391 g/mol. The average Bonchev–Trinajstić information content (AvgIpc) is 3.13. The van der Waals surface area contributed by atoms with Gasteiger partial charge in [0.2, 0.25) is 15.9 Å². The maximum absolute atomic E-state index is 13.4. The zero-order valence-corrected chi connectivity index (χ0v) is 17.2. The summed E-state index contributed by atoms with van der Waals surface area (Å²) in [5, 5.41) is 7.03. The molecule has 27 heavy (non-hydrogen) atoms. The predicted molar refractivity (Wildman–Crippen MR) is 104 cm³/mol. The van der Waals surface area contributed by atoms with Crippen LogP contribution in [0.3, 0.4) is 0 Å². The second-order valence-electron chi connectivity index (χ2n) is 7.29. The third-order valence-electron chi connectivity index (χ3n) is 4.93. The molecule has 1 saturated heterocycles. The highest BCUT2D eigenvalue weighted by Gasteiger charge is 2.40. The van der Waals surface area contributed by atoms with E-state index in [-0.39, 0.29) is 5.91 Å². The zero-order chi connectivity index (χ0) is 19.9. The number of aryl methyl sites for hydroxylation is 5. The van der Waals surface area contributed by atoms with E-state index in [9.17, 15) is 13.2 Å². The molecule has 0 saturated carbocycles. The molecule has 1 atom stereocenters. The Labute approximate surface area is 160 Å². The molecule has 8 heteroatoms. The molecule has 1 amide bonds. The van der Waals surface area contributed by atoms with Crippen LogP contribution in [0.5, 0.6) is 0 Å². The summed E-state index contributed by atoms with van der Waals surface area (Å²) in [6.07, 6.45) is 1.16. The van der Waals surface area contributed by atoms with Crippen molar-refractivity contribution in [3.05, 3.63) is 40.6 Å². The Kier molecular flexibility index (Phi) is 5.14. The van der Waals surface area contributed by atoms with Crippen molar-refractivity contribution in [3.8, 4) is 0 Å². The molecule has 0 bridgehead atoms. The zero-order valence-electron chi connectivity index (χ0n) is 16.4. The van der Waals surface area contributed by atoms with E-state index in [4.69, 9.17) is 0 Å². The first kappa shape index (κ1) is 19.6. The van der Waals surface area contributed by atoms with Gasteiger partial charge in [-0.05, 0) is 51.7 Å². The first-order valence-corrected chi connectivity index (χ1v) is 10.5. The van der Waals surface area contributed by atoms with Crippen molar-refractivity contribution in [1.82, 2.24) is 14.1 Å². The van der Waals surface area contributed by atoms with E-state index in [1.54, 1.807) is 31.6 Å². The van der Waals surface area contributed by atoms with Gasteiger partial charge in [0.25, 0.3) is 0 Å². The number of carbonyl (C=O) groups is 1. The van der Waals surface area contributed by atoms with Gasteiger partial charge >= 0.3 is 0 Å². The van der Waals surface area contributed by atoms with Gasteiger partial charge in [0.1, 0.15) is 11.9 Å². The van der Waals surface area contributed by atoms with Crippen LogP contribution in [0.15, 0.2) is 23.1 Å². The number of hydrogen-bond donors (Lipinski definition) is 1. The Morgan fingerprint density at radius 2 is 1.78 bits per heavy atom. The summed E-state index contributed by atoms with van der Waals surface area (Å²) >= 11 is 0. The van der Waals surface area contributed by atoms with Gasteiger partial charge in [-0.3, -0.25) is 9.48 Å². The number of aromatic nitrogens is 2. The number of nitrogens with zero attached hydrogens (tertiary/aromatic N) is 3. The van der Waals surface area contributed by atoms with E-state index in [0.717, 1.165) is 11.3 Å². The standard InChI is InChI=1S/C19H26N4O3S/c1-12-9-13(2)18(14(3)10-12)27(25,26)23-8-6-7-16(23)19(24)20-17-11-15(4)21-22(17)5/h9-11,16H,6-8H2,1-5H3,(H,20,24). The number of hydrogen-bond acceptors (Lipinski definition) is 4. The van der Waals surface area contributed by atoms with Gasteiger partial charge in [0.05, 0.1) is 10.6 Å². The Morgan fingerprint density at radius 3 is 2.33 bits per heavy atom. The summed E-state index contributed by atoms with van der Waals surface area (Å²) in [7, 11) is -2.02. The van der Waals surface area contributed by atoms with Crippen LogP contribution in [0, 0.1) is 27.7 Å². The summed E-state index contributed by atoms with van der Waals surface area (Å²) in [6.45, 7) is 7.73. The number of carbonyl (C=O) groups excluding carboxylic acids is 1. The minimum atomic E-state index is -3.76. The van der Waals surface area contributed by atoms with Gasteiger partial charge in [-0.15, -0.1) is 0 Å². The molecule has 2 aromatic rings. The van der Waals surface area contributed by atoms with E-state index in [1.165, 1.54) is 4.31 Å². The molecule has 1 aromatic carbocycles. The molecule has 1 fully saturated rings. The molecule has 7 nitrogen and oxygen atoms in total. The third-order valence-corrected chi connectivity index (χ3v) is 7.15. The van der Waals surface area contributed by atoms with Gasteiger partial charge < -0.3 is 5.32 Å². The second-order valence-corrected chi connectivity index (χ2v) is 9.11. The predicted octanol–water partition coefficient (Wildman–Crippen LogP) is 2.45. The molecule has 1 N–H and O–H groups in total. The summed E-state index contributed by atoms with van der Waals surface area (Å²) in [5.74, 6) is 0.242. The van der Waals surface area contributed by atoms with Crippen LogP contribution in [0.2, 0.25) is 0 Å². The minimum absolute atomic E-state index is 0.309. The Morgan fingerprint density at radius 1 is 1.15 bits per heavy atom. The van der Waals surface area contributed by atoms with Crippen LogP contribution >= 0.6 is 0 Å². The van der Waals surface area contributed by atoms with Gasteiger partial charge in [0, 0.05) is 19.7 Å². The minimum Gasteiger partial charge on any atom is -0.310 e. The molecular weight excluding hydrogens is 364 g/mol. The third kappa shape index (κ3) is 3.64. The smallest absolute Gasteiger partial charge is 0.244 e. The summed E-state index contributed by atoms with van der Waals surface area (Å²) in [6, 6.07) is 4.78. The Hall–Kier alpha value is -2.19. The van der Waals surface area contributed by atoms with E-state index in [0.29, 0.717) is 41.2 Å². The number of benzene rings is 1. The van der Waals surface area contributed by atoms with E-state index in [2.05, 4.69) is 10.4 Å². The number of anilines is 1. The van der Waals surface area contributed by atoms with E-state index < -0.39 is 16.1 Å². The first-order valence-electron chi connectivity index (χ1n) is 9.02. The normalized spacial score (nSPS) is 18.0. The lowest BCUT2D eigenvalue weighted by Crippen LogP contribution is -2.43. The lowest BCUT2D eigenvalue weighted by atomic mass is 10.1. The SMILES string of the molecule is Cc1cc(C)c(S(=O)(=O)N2CCCC2C(=O)Nc2cc(C)nn2C)c(C)c1. The van der Waals surface area contributed by atoms with Crippen LogP contribution in [0.1, 0.15) is 35.2 Å². The van der Waals surface area contributed by atoms with Crippen LogP contribution in [0.25, 0.3) is 0 Å². The molecule has 2 heterocycles. The largest absolute Gasteiger partial charge is 0.310 e. The highest BCUT2D eigenvalue weighted by atomic mass is 32.2. The lowest BCUT2D eigenvalue weighted by Gasteiger charge is -2.25. The van der Waals surface area contributed by atoms with Gasteiger partial charge in [-0.1, -0.05) is 17.7 Å². The number of amides is 1. The molecule has 1 unspecified atom stereocenters. The van der Waals surface area contributed by atoms with Crippen molar-refractivity contribution in [3.63, 3.8) is 0 Å². The van der Waals surface area contributed by atoms with Crippen molar-refractivity contribution in [2.75, 3.05) is 11.9 Å². The van der Waals surface area contributed by atoms with Crippen LogP contribution in [-0.4, -0.2) is 41.0 Å². The second kappa shape index (κ2) is 7.09. The molecule has 1 aliphatic rings. The van der Waals surface area contributed by atoms with Crippen molar-refractivity contribution in [2.24, 2.45) is 7.05 Å². The number of sulfonamides is 1. The van der Waals surface area contributed by atoms with Gasteiger partial charge in [0.15, 0.2) is 0 Å². The molecule has 0 radical (unpaired) electrons. The fourth-order valence-electron chi connectivity index (χ4n) is 3.92. The molecule has 1 aromatic heterocycles. The Balaban J connectivity index is 1.91. The van der Waals surface area contributed by atoms with Crippen LogP contribution in [0.4, 0.5) is 5.82 Å². The Bertz CT molecular complexity index is 971.